The minimum absolute atomic E-state index is 0.0917. The lowest BCUT2D eigenvalue weighted by Gasteiger charge is -2.03. The lowest BCUT2D eigenvalue weighted by Crippen LogP contribution is -1.93. The molecule has 0 heterocycles. The van der Waals surface area contributed by atoms with Gasteiger partial charge in [0.1, 0.15) is 5.75 Å². The van der Waals surface area contributed by atoms with Gasteiger partial charge < -0.3 is 9.84 Å². The first kappa shape index (κ1) is 7.85. The van der Waals surface area contributed by atoms with Crippen LogP contribution in [0.2, 0.25) is 0 Å². The van der Waals surface area contributed by atoms with Crippen molar-refractivity contribution in [3.8, 4) is 11.5 Å². The van der Waals surface area contributed by atoms with Gasteiger partial charge in [-0.3, -0.25) is 0 Å². The Bertz CT molecular complexity index is 248. The number of rotatable bonds is 2. The zero-order chi connectivity index (χ0) is 8.27. The minimum atomic E-state index is -0.535. The summed E-state index contributed by atoms with van der Waals surface area (Å²) in [4.78, 5) is 0. The fourth-order valence-electron chi connectivity index (χ4n) is 0.762. The van der Waals surface area contributed by atoms with Crippen molar-refractivity contribution in [2.45, 2.75) is 6.92 Å². The van der Waals surface area contributed by atoms with Crippen molar-refractivity contribution in [1.82, 2.24) is 0 Å². The molecule has 0 saturated heterocycles. The number of halogens is 1. The van der Waals surface area contributed by atoms with E-state index in [1.807, 2.05) is 0 Å². The van der Waals surface area contributed by atoms with Gasteiger partial charge >= 0.3 is 0 Å². The van der Waals surface area contributed by atoms with Crippen LogP contribution >= 0.6 is 0 Å². The van der Waals surface area contributed by atoms with Crippen molar-refractivity contribution >= 4 is 0 Å². The molecule has 0 atom stereocenters. The molecule has 0 fully saturated rings. The van der Waals surface area contributed by atoms with Crippen LogP contribution in [0.25, 0.3) is 0 Å². The Morgan fingerprint density at radius 2 is 2.27 bits per heavy atom. The van der Waals surface area contributed by atoms with Gasteiger partial charge in [-0.1, -0.05) is 0 Å². The molecule has 60 valence electrons. The third kappa shape index (κ3) is 1.83. The predicted molar refractivity (Wildman–Crippen MR) is 39.2 cm³/mol. The maximum atomic E-state index is 12.8. The van der Waals surface area contributed by atoms with Crippen LogP contribution in [0.5, 0.6) is 11.5 Å². The maximum Gasteiger partial charge on any atom is 0.168 e. The second-order valence-electron chi connectivity index (χ2n) is 2.05. The smallest absolute Gasteiger partial charge is 0.168 e. The van der Waals surface area contributed by atoms with E-state index in [0.29, 0.717) is 6.61 Å². The van der Waals surface area contributed by atoms with E-state index in [0.717, 1.165) is 6.07 Å². The first-order valence-electron chi connectivity index (χ1n) is 3.35. The van der Waals surface area contributed by atoms with Crippen LogP contribution in [-0.4, -0.2) is 11.7 Å². The fraction of sp³-hybridized carbons (Fsp3) is 0.250. The summed E-state index contributed by atoms with van der Waals surface area (Å²) in [7, 11) is 0. The summed E-state index contributed by atoms with van der Waals surface area (Å²) in [6.07, 6.45) is 0. The van der Waals surface area contributed by atoms with E-state index in [-0.39, 0.29) is 11.5 Å². The Balaban J connectivity index is 2.90. The summed E-state index contributed by atoms with van der Waals surface area (Å²) in [5, 5.41) is 8.81. The summed E-state index contributed by atoms with van der Waals surface area (Å²) in [5.74, 6) is -0.455. The van der Waals surface area contributed by atoms with Gasteiger partial charge in [-0.25, -0.2) is 4.39 Å². The van der Waals surface area contributed by atoms with E-state index in [1.165, 1.54) is 12.1 Å². The van der Waals surface area contributed by atoms with Gasteiger partial charge in [0.15, 0.2) is 11.6 Å². The number of aromatic hydroxyl groups is 1. The molecule has 0 amide bonds. The van der Waals surface area contributed by atoms with Crippen molar-refractivity contribution in [3.63, 3.8) is 0 Å². The third-order valence-corrected chi connectivity index (χ3v) is 1.22. The zero-order valence-corrected chi connectivity index (χ0v) is 6.17. The standard InChI is InChI=1S/C8H9FO2/c1-2-11-8-4-3-6(10)5-7(8)9/h3-5,10H,2H2,1H3. The Morgan fingerprint density at radius 3 is 2.82 bits per heavy atom. The van der Waals surface area contributed by atoms with Crippen molar-refractivity contribution in [1.29, 1.82) is 0 Å². The first-order chi connectivity index (χ1) is 5.24. The molecule has 0 aromatic heterocycles. The highest BCUT2D eigenvalue weighted by molar-refractivity contribution is 5.31. The van der Waals surface area contributed by atoms with E-state index in [4.69, 9.17) is 9.84 Å². The molecule has 0 aliphatic heterocycles. The number of ether oxygens (including phenoxy) is 1. The highest BCUT2D eigenvalue weighted by atomic mass is 19.1. The Hall–Kier alpha value is -1.25. The second kappa shape index (κ2) is 3.23. The molecule has 0 radical (unpaired) electrons. The molecule has 3 heteroatoms. The molecule has 1 N–H and O–H groups in total. The molecular formula is C8H9FO2. The molecule has 1 aromatic rings. The van der Waals surface area contributed by atoms with E-state index in [2.05, 4.69) is 0 Å². The number of hydrogen-bond donors (Lipinski definition) is 1. The predicted octanol–water partition coefficient (Wildman–Crippen LogP) is 1.93. The van der Waals surface area contributed by atoms with Gasteiger partial charge in [0.05, 0.1) is 6.61 Å². The maximum absolute atomic E-state index is 12.8. The molecule has 1 rings (SSSR count). The van der Waals surface area contributed by atoms with Crippen molar-refractivity contribution in [2.24, 2.45) is 0 Å². The van der Waals surface area contributed by atoms with E-state index >= 15 is 0 Å². The number of hydrogen-bond acceptors (Lipinski definition) is 2. The molecule has 0 bridgehead atoms. The van der Waals surface area contributed by atoms with Crippen molar-refractivity contribution in [2.75, 3.05) is 6.61 Å². The van der Waals surface area contributed by atoms with Gasteiger partial charge in [-0.05, 0) is 19.1 Å². The van der Waals surface area contributed by atoms with E-state index < -0.39 is 5.82 Å². The van der Waals surface area contributed by atoms with Gasteiger partial charge in [0.25, 0.3) is 0 Å². The lowest BCUT2D eigenvalue weighted by molar-refractivity contribution is 0.320. The van der Waals surface area contributed by atoms with Crippen LogP contribution < -0.4 is 4.74 Å². The van der Waals surface area contributed by atoms with Crippen molar-refractivity contribution in [3.05, 3.63) is 24.0 Å². The Morgan fingerprint density at radius 1 is 1.55 bits per heavy atom. The number of phenols is 1. The summed E-state index contributed by atoms with van der Waals surface area (Å²) in [6, 6.07) is 3.80. The van der Waals surface area contributed by atoms with Crippen LogP contribution in [0.15, 0.2) is 18.2 Å². The fourth-order valence-corrected chi connectivity index (χ4v) is 0.762. The molecule has 1 aromatic carbocycles. The topological polar surface area (TPSA) is 29.5 Å². The van der Waals surface area contributed by atoms with Gasteiger partial charge in [-0.2, -0.15) is 0 Å². The third-order valence-electron chi connectivity index (χ3n) is 1.22. The highest BCUT2D eigenvalue weighted by Crippen LogP contribution is 2.21. The zero-order valence-electron chi connectivity index (χ0n) is 6.17. The van der Waals surface area contributed by atoms with Crippen LogP contribution in [-0.2, 0) is 0 Å². The van der Waals surface area contributed by atoms with E-state index in [9.17, 15) is 4.39 Å². The summed E-state index contributed by atoms with van der Waals surface area (Å²) in [5.41, 5.74) is 0. The summed E-state index contributed by atoms with van der Waals surface area (Å²) < 4.78 is 17.7. The van der Waals surface area contributed by atoms with E-state index in [1.54, 1.807) is 6.92 Å². The highest BCUT2D eigenvalue weighted by Gasteiger charge is 2.01. The molecule has 11 heavy (non-hydrogen) atoms. The van der Waals surface area contributed by atoms with Crippen molar-refractivity contribution < 1.29 is 14.2 Å². The van der Waals surface area contributed by atoms with Gasteiger partial charge in [0, 0.05) is 6.07 Å². The van der Waals surface area contributed by atoms with Crippen LogP contribution in [0, 0.1) is 5.82 Å². The monoisotopic (exact) mass is 156 g/mol. The average Bonchev–Trinajstić information content (AvgIpc) is 1.95. The first-order valence-corrected chi connectivity index (χ1v) is 3.35. The normalized spacial score (nSPS) is 9.64. The molecule has 0 aliphatic carbocycles. The molecule has 0 saturated carbocycles. The molecule has 0 unspecified atom stereocenters. The molecular weight excluding hydrogens is 147 g/mol. The number of benzene rings is 1. The van der Waals surface area contributed by atoms with Gasteiger partial charge in [0.2, 0.25) is 0 Å². The Kier molecular flexibility index (Phi) is 2.31. The summed E-state index contributed by atoms with van der Waals surface area (Å²) in [6.45, 7) is 2.19. The second-order valence-corrected chi connectivity index (χ2v) is 2.05. The van der Waals surface area contributed by atoms with Crippen LogP contribution in [0.3, 0.4) is 0 Å². The quantitative estimate of drug-likeness (QED) is 0.708. The molecule has 0 spiro atoms. The van der Waals surface area contributed by atoms with Gasteiger partial charge in [-0.15, -0.1) is 0 Å². The SMILES string of the molecule is CCOc1ccc(O)cc1F. The average molecular weight is 156 g/mol. The summed E-state index contributed by atoms with van der Waals surface area (Å²) >= 11 is 0. The molecule has 0 aliphatic rings. The van der Waals surface area contributed by atoms with Crippen LogP contribution in [0.1, 0.15) is 6.92 Å². The lowest BCUT2D eigenvalue weighted by atomic mass is 10.3. The largest absolute Gasteiger partial charge is 0.508 e. The number of phenolic OH excluding ortho intramolecular Hbond substituents is 1. The van der Waals surface area contributed by atoms with Crippen LogP contribution in [0.4, 0.5) is 4.39 Å². The Labute approximate surface area is 64.2 Å². The minimum Gasteiger partial charge on any atom is -0.508 e. The molecule has 2 nitrogen and oxygen atoms in total.